The van der Waals surface area contributed by atoms with E-state index in [4.69, 9.17) is 0 Å². The van der Waals surface area contributed by atoms with E-state index in [1.807, 2.05) is 0 Å². The lowest BCUT2D eigenvalue weighted by Gasteiger charge is -2.34. The molecule has 0 spiro atoms. The summed E-state index contributed by atoms with van der Waals surface area (Å²) in [5.74, 6) is 0.792. The van der Waals surface area contributed by atoms with Crippen LogP contribution in [0.3, 0.4) is 0 Å². The van der Waals surface area contributed by atoms with Crippen LogP contribution in [-0.2, 0) is 0 Å². The van der Waals surface area contributed by atoms with Gasteiger partial charge in [-0.05, 0) is 52.6 Å². The second-order valence-electron chi connectivity index (χ2n) is 5.89. The quantitative estimate of drug-likeness (QED) is 0.856. The number of hydrogen-bond donors (Lipinski definition) is 1. The molecule has 0 amide bonds. The third-order valence-corrected chi connectivity index (χ3v) is 3.17. The van der Waals surface area contributed by atoms with Crippen LogP contribution in [0.1, 0.15) is 33.6 Å². The third-order valence-electron chi connectivity index (χ3n) is 2.92. The Morgan fingerprint density at radius 1 is 1.50 bits per heavy atom. The number of hydrogen-bond acceptors (Lipinski definition) is 2. The fourth-order valence-corrected chi connectivity index (χ4v) is 2.51. The van der Waals surface area contributed by atoms with Gasteiger partial charge in [-0.15, -0.1) is 0 Å². The molecule has 1 aliphatic heterocycles. The number of nitrogens with one attached hydrogen (secondary N) is 1. The molecule has 0 radical (unpaired) electrons. The molecule has 0 aromatic carbocycles. The average molecular weight is 289 g/mol. The Labute approximate surface area is 109 Å². The van der Waals surface area contributed by atoms with Gasteiger partial charge >= 0.3 is 0 Å². The maximum absolute atomic E-state index is 3.92. The molecule has 1 atom stereocenters. The first kappa shape index (κ1) is 14.2. The van der Waals surface area contributed by atoms with Gasteiger partial charge in [0.15, 0.2) is 0 Å². The Balaban J connectivity index is 2.30. The molecule has 1 heterocycles. The normalized spacial score (nSPS) is 23.4. The summed E-state index contributed by atoms with van der Waals surface area (Å²) in [4.78, 5) is 2.50. The van der Waals surface area contributed by atoms with Crippen LogP contribution in [0, 0.1) is 5.92 Å². The number of likely N-dealkylation sites (tertiary alicyclic amines) is 1. The number of halogens is 1. The van der Waals surface area contributed by atoms with Crippen molar-refractivity contribution in [3.05, 3.63) is 11.1 Å². The van der Waals surface area contributed by atoms with E-state index in [0.717, 1.165) is 23.5 Å². The molecule has 0 bridgehead atoms. The third kappa shape index (κ3) is 6.02. The standard InChI is InChI=1S/C13H25BrN2/c1-11(14)9-16-7-5-6-12(10-16)8-15-13(2,3)4/h12,15H,1,5-10H2,2-4H3. The van der Waals surface area contributed by atoms with Crippen LogP contribution < -0.4 is 5.32 Å². The molecule has 1 unspecified atom stereocenters. The summed E-state index contributed by atoms with van der Waals surface area (Å²) in [5, 5.41) is 3.60. The molecule has 94 valence electrons. The highest BCUT2D eigenvalue weighted by Crippen LogP contribution is 2.18. The molecular weight excluding hydrogens is 264 g/mol. The monoisotopic (exact) mass is 288 g/mol. The summed E-state index contributed by atoms with van der Waals surface area (Å²) >= 11 is 3.45. The largest absolute Gasteiger partial charge is 0.312 e. The van der Waals surface area contributed by atoms with Crippen LogP contribution in [0.25, 0.3) is 0 Å². The van der Waals surface area contributed by atoms with Crippen molar-refractivity contribution in [2.75, 3.05) is 26.2 Å². The number of nitrogens with zero attached hydrogens (tertiary/aromatic N) is 1. The fraction of sp³-hybridized carbons (Fsp3) is 0.846. The Hall–Kier alpha value is 0.140. The van der Waals surface area contributed by atoms with Crippen molar-refractivity contribution in [1.29, 1.82) is 0 Å². The molecule has 1 aliphatic rings. The van der Waals surface area contributed by atoms with Crippen molar-refractivity contribution in [2.45, 2.75) is 39.2 Å². The van der Waals surface area contributed by atoms with Crippen LogP contribution in [0.2, 0.25) is 0 Å². The van der Waals surface area contributed by atoms with Crippen molar-refractivity contribution in [1.82, 2.24) is 10.2 Å². The Bertz CT molecular complexity index is 233. The van der Waals surface area contributed by atoms with E-state index < -0.39 is 0 Å². The molecule has 1 saturated heterocycles. The summed E-state index contributed by atoms with van der Waals surface area (Å²) in [6.45, 7) is 15.2. The van der Waals surface area contributed by atoms with Gasteiger partial charge in [0.2, 0.25) is 0 Å². The minimum Gasteiger partial charge on any atom is -0.312 e. The molecular formula is C13H25BrN2. The molecule has 3 heteroatoms. The van der Waals surface area contributed by atoms with E-state index in [-0.39, 0.29) is 5.54 Å². The first-order chi connectivity index (χ1) is 7.37. The Morgan fingerprint density at radius 2 is 2.19 bits per heavy atom. The highest BCUT2D eigenvalue weighted by atomic mass is 79.9. The maximum atomic E-state index is 3.92. The first-order valence-corrected chi connectivity index (χ1v) is 6.97. The lowest BCUT2D eigenvalue weighted by Crippen LogP contribution is -2.44. The zero-order valence-electron chi connectivity index (χ0n) is 10.9. The lowest BCUT2D eigenvalue weighted by atomic mass is 9.96. The van der Waals surface area contributed by atoms with Crippen LogP contribution >= 0.6 is 15.9 Å². The van der Waals surface area contributed by atoms with Gasteiger partial charge < -0.3 is 5.32 Å². The predicted octanol–water partition coefficient (Wildman–Crippen LogP) is 3.00. The average Bonchev–Trinajstić information content (AvgIpc) is 2.13. The highest BCUT2D eigenvalue weighted by Gasteiger charge is 2.21. The summed E-state index contributed by atoms with van der Waals surface area (Å²) in [6.07, 6.45) is 2.67. The van der Waals surface area contributed by atoms with Gasteiger partial charge in [0.1, 0.15) is 0 Å². The molecule has 16 heavy (non-hydrogen) atoms. The smallest absolute Gasteiger partial charge is 0.0294 e. The lowest BCUT2D eigenvalue weighted by molar-refractivity contribution is 0.180. The maximum Gasteiger partial charge on any atom is 0.0294 e. The van der Waals surface area contributed by atoms with Crippen LogP contribution in [0.5, 0.6) is 0 Å². The van der Waals surface area contributed by atoms with E-state index >= 15 is 0 Å². The second kappa shape index (κ2) is 6.18. The molecule has 1 fully saturated rings. The molecule has 0 aliphatic carbocycles. The van der Waals surface area contributed by atoms with Gasteiger partial charge in [-0.25, -0.2) is 0 Å². The fourth-order valence-electron chi connectivity index (χ4n) is 2.15. The molecule has 0 aromatic heterocycles. The van der Waals surface area contributed by atoms with E-state index in [0.29, 0.717) is 0 Å². The van der Waals surface area contributed by atoms with Crippen LogP contribution in [-0.4, -0.2) is 36.6 Å². The minimum absolute atomic E-state index is 0.237. The van der Waals surface area contributed by atoms with Gasteiger partial charge in [-0.2, -0.15) is 0 Å². The van der Waals surface area contributed by atoms with E-state index in [1.165, 1.54) is 25.9 Å². The SMILES string of the molecule is C=C(Br)CN1CCCC(CNC(C)(C)C)C1. The van der Waals surface area contributed by atoms with Crippen molar-refractivity contribution < 1.29 is 0 Å². The van der Waals surface area contributed by atoms with E-state index in [9.17, 15) is 0 Å². The molecule has 0 aromatic rings. The van der Waals surface area contributed by atoms with Crippen molar-refractivity contribution >= 4 is 15.9 Å². The zero-order valence-corrected chi connectivity index (χ0v) is 12.4. The summed E-state index contributed by atoms with van der Waals surface area (Å²) in [5.41, 5.74) is 0.237. The zero-order chi connectivity index (χ0) is 12.2. The second-order valence-corrected chi connectivity index (χ2v) is 7.01. The topological polar surface area (TPSA) is 15.3 Å². The van der Waals surface area contributed by atoms with Crippen LogP contribution in [0.4, 0.5) is 0 Å². The van der Waals surface area contributed by atoms with Crippen LogP contribution in [0.15, 0.2) is 11.1 Å². The summed E-state index contributed by atoms with van der Waals surface area (Å²) in [6, 6.07) is 0. The van der Waals surface area contributed by atoms with Gasteiger partial charge in [-0.1, -0.05) is 22.5 Å². The molecule has 0 saturated carbocycles. The number of rotatable bonds is 4. The van der Waals surface area contributed by atoms with Gasteiger partial charge in [0.25, 0.3) is 0 Å². The van der Waals surface area contributed by atoms with Crippen molar-refractivity contribution in [3.63, 3.8) is 0 Å². The molecule has 1 N–H and O–H groups in total. The Kier molecular flexibility index (Phi) is 5.48. The van der Waals surface area contributed by atoms with Crippen molar-refractivity contribution in [2.24, 2.45) is 5.92 Å². The highest BCUT2D eigenvalue weighted by molar-refractivity contribution is 9.11. The predicted molar refractivity (Wildman–Crippen MR) is 75.0 cm³/mol. The summed E-state index contributed by atoms with van der Waals surface area (Å²) in [7, 11) is 0. The minimum atomic E-state index is 0.237. The molecule has 2 nitrogen and oxygen atoms in total. The van der Waals surface area contributed by atoms with Crippen molar-refractivity contribution in [3.8, 4) is 0 Å². The number of piperidine rings is 1. The van der Waals surface area contributed by atoms with E-state index in [2.05, 4.69) is 53.5 Å². The van der Waals surface area contributed by atoms with Gasteiger partial charge in [0, 0.05) is 23.1 Å². The van der Waals surface area contributed by atoms with Gasteiger partial charge in [-0.3, -0.25) is 4.90 Å². The first-order valence-electron chi connectivity index (χ1n) is 6.17. The van der Waals surface area contributed by atoms with E-state index in [1.54, 1.807) is 0 Å². The van der Waals surface area contributed by atoms with Gasteiger partial charge in [0.05, 0.1) is 0 Å². The molecule has 1 rings (SSSR count). The Morgan fingerprint density at radius 3 is 2.75 bits per heavy atom. The summed E-state index contributed by atoms with van der Waals surface area (Å²) < 4.78 is 1.09.